The number of nitrogen functional groups attached to an aromatic ring is 1. The van der Waals surface area contributed by atoms with Crippen molar-refractivity contribution < 1.29 is 14.6 Å². The molecule has 3 N–H and O–H groups in total. The van der Waals surface area contributed by atoms with Crippen molar-refractivity contribution in [2.24, 2.45) is 0 Å². The van der Waals surface area contributed by atoms with Crippen LogP contribution in [0, 0.1) is 0 Å². The van der Waals surface area contributed by atoms with Crippen LogP contribution in [0.2, 0.25) is 0 Å². The highest BCUT2D eigenvalue weighted by Gasteiger charge is 2.08. The Morgan fingerprint density at radius 3 is 2.42 bits per heavy atom. The molecule has 0 aromatic carbocycles. The zero-order valence-electron chi connectivity index (χ0n) is 6.87. The first-order valence-corrected chi connectivity index (χ1v) is 3.26. The van der Waals surface area contributed by atoms with E-state index in [1.165, 1.54) is 20.3 Å². The number of rotatable bonds is 2. The fraction of sp³-hybridized carbons (Fsp3) is 0.286. The molecule has 1 aromatic heterocycles. The second-order valence-corrected chi connectivity index (χ2v) is 2.12. The second-order valence-electron chi connectivity index (χ2n) is 2.12. The van der Waals surface area contributed by atoms with Crippen LogP contribution in [0.1, 0.15) is 0 Å². The third-order valence-electron chi connectivity index (χ3n) is 1.35. The van der Waals surface area contributed by atoms with Crippen LogP contribution < -0.4 is 15.2 Å². The highest BCUT2D eigenvalue weighted by molar-refractivity contribution is 5.55. The third-order valence-corrected chi connectivity index (χ3v) is 1.35. The highest BCUT2D eigenvalue weighted by Crippen LogP contribution is 2.30. The van der Waals surface area contributed by atoms with Crippen molar-refractivity contribution in [3.05, 3.63) is 6.07 Å². The van der Waals surface area contributed by atoms with Gasteiger partial charge in [-0.15, -0.1) is 0 Å². The SMILES string of the molecule is COc1nc(OC)c(O)cc1N. The Labute approximate surface area is 69.7 Å². The van der Waals surface area contributed by atoms with Gasteiger partial charge in [0.1, 0.15) is 0 Å². The molecule has 0 radical (unpaired) electrons. The van der Waals surface area contributed by atoms with Crippen molar-refractivity contribution in [2.45, 2.75) is 0 Å². The lowest BCUT2D eigenvalue weighted by atomic mass is 10.4. The maximum absolute atomic E-state index is 9.19. The summed E-state index contributed by atoms with van der Waals surface area (Å²) in [6.07, 6.45) is 0. The Balaban J connectivity index is 3.18. The number of aromatic hydroxyl groups is 1. The van der Waals surface area contributed by atoms with Gasteiger partial charge in [-0.1, -0.05) is 0 Å². The minimum absolute atomic E-state index is 0.0982. The summed E-state index contributed by atoms with van der Waals surface area (Å²) in [6.45, 7) is 0. The van der Waals surface area contributed by atoms with Crippen LogP contribution in [0.5, 0.6) is 17.5 Å². The van der Waals surface area contributed by atoms with Crippen LogP contribution in [-0.2, 0) is 0 Å². The van der Waals surface area contributed by atoms with E-state index in [2.05, 4.69) is 4.98 Å². The number of nitrogens with two attached hydrogens (primary N) is 1. The van der Waals surface area contributed by atoms with Gasteiger partial charge in [-0.25, -0.2) is 0 Å². The molecule has 1 heterocycles. The van der Waals surface area contributed by atoms with E-state index in [0.29, 0.717) is 0 Å². The van der Waals surface area contributed by atoms with Crippen LogP contribution >= 0.6 is 0 Å². The van der Waals surface area contributed by atoms with Gasteiger partial charge in [0.15, 0.2) is 5.75 Å². The summed E-state index contributed by atoms with van der Waals surface area (Å²) >= 11 is 0. The number of methoxy groups -OCH3 is 2. The Morgan fingerprint density at radius 1 is 1.33 bits per heavy atom. The van der Waals surface area contributed by atoms with Gasteiger partial charge in [-0.2, -0.15) is 4.98 Å². The Bertz CT molecular complexity index is 263. The fourth-order valence-corrected chi connectivity index (χ4v) is 0.799. The highest BCUT2D eigenvalue weighted by atomic mass is 16.5. The predicted molar refractivity (Wildman–Crippen MR) is 43.4 cm³/mol. The lowest BCUT2D eigenvalue weighted by Gasteiger charge is -2.06. The van der Waals surface area contributed by atoms with Crippen LogP contribution in [0.4, 0.5) is 5.69 Å². The molecule has 12 heavy (non-hydrogen) atoms. The first-order chi connectivity index (χ1) is 5.69. The van der Waals surface area contributed by atoms with Crippen molar-refractivity contribution in [1.82, 2.24) is 4.98 Å². The molecule has 0 aliphatic heterocycles. The van der Waals surface area contributed by atoms with Gasteiger partial charge >= 0.3 is 0 Å². The van der Waals surface area contributed by atoms with Gasteiger partial charge in [0.25, 0.3) is 5.88 Å². The zero-order valence-corrected chi connectivity index (χ0v) is 6.87. The lowest BCUT2D eigenvalue weighted by Crippen LogP contribution is -1.97. The number of nitrogens with zero attached hydrogens (tertiary/aromatic N) is 1. The quantitative estimate of drug-likeness (QED) is 0.671. The van der Waals surface area contributed by atoms with Gasteiger partial charge in [0.05, 0.1) is 19.9 Å². The van der Waals surface area contributed by atoms with E-state index in [4.69, 9.17) is 15.2 Å². The largest absolute Gasteiger partial charge is 0.503 e. The number of hydrogen-bond donors (Lipinski definition) is 2. The number of anilines is 1. The van der Waals surface area contributed by atoms with E-state index in [0.717, 1.165) is 0 Å². The number of pyridine rings is 1. The molecule has 5 nitrogen and oxygen atoms in total. The molecular weight excluding hydrogens is 160 g/mol. The maximum atomic E-state index is 9.19. The average Bonchev–Trinajstić information content (AvgIpc) is 2.05. The molecule has 1 rings (SSSR count). The minimum atomic E-state index is -0.101. The molecule has 66 valence electrons. The van der Waals surface area contributed by atoms with Crippen molar-refractivity contribution in [1.29, 1.82) is 0 Å². The normalized spacial score (nSPS) is 9.50. The van der Waals surface area contributed by atoms with Crippen LogP contribution in [0.3, 0.4) is 0 Å². The summed E-state index contributed by atoms with van der Waals surface area (Å²) < 4.78 is 9.56. The van der Waals surface area contributed by atoms with Gasteiger partial charge in [0, 0.05) is 6.07 Å². The fourth-order valence-electron chi connectivity index (χ4n) is 0.799. The Hall–Kier alpha value is -1.65. The first kappa shape index (κ1) is 8.45. The standard InChI is InChI=1S/C7H10N2O3/c1-11-6-4(8)3-5(10)7(9-6)12-2/h3,10H,8H2,1-2H3. The monoisotopic (exact) mass is 170 g/mol. The number of hydrogen-bond acceptors (Lipinski definition) is 5. The predicted octanol–water partition coefficient (Wildman–Crippen LogP) is 0.387. The van der Waals surface area contributed by atoms with E-state index < -0.39 is 0 Å². The van der Waals surface area contributed by atoms with Crippen molar-refractivity contribution in [3.8, 4) is 17.5 Å². The molecular formula is C7H10N2O3. The smallest absolute Gasteiger partial charge is 0.259 e. The van der Waals surface area contributed by atoms with Gasteiger partial charge in [0.2, 0.25) is 5.88 Å². The molecule has 5 heteroatoms. The molecule has 0 unspecified atom stereocenters. The average molecular weight is 170 g/mol. The van der Waals surface area contributed by atoms with E-state index in [1.807, 2.05) is 0 Å². The van der Waals surface area contributed by atoms with E-state index >= 15 is 0 Å². The summed E-state index contributed by atoms with van der Waals surface area (Å²) in [4.78, 5) is 3.79. The molecule has 0 saturated carbocycles. The summed E-state index contributed by atoms with van der Waals surface area (Å²) in [6, 6.07) is 1.32. The van der Waals surface area contributed by atoms with E-state index in [9.17, 15) is 5.11 Å². The molecule has 0 bridgehead atoms. The van der Waals surface area contributed by atoms with Gasteiger partial charge in [-0.05, 0) is 0 Å². The lowest BCUT2D eigenvalue weighted by molar-refractivity contribution is 0.341. The minimum Gasteiger partial charge on any atom is -0.503 e. The first-order valence-electron chi connectivity index (χ1n) is 3.26. The van der Waals surface area contributed by atoms with E-state index in [1.54, 1.807) is 0 Å². The van der Waals surface area contributed by atoms with Crippen molar-refractivity contribution >= 4 is 5.69 Å². The number of aromatic nitrogens is 1. The Kier molecular flexibility index (Phi) is 2.23. The summed E-state index contributed by atoms with van der Waals surface area (Å²) in [5, 5.41) is 9.19. The van der Waals surface area contributed by atoms with Crippen molar-refractivity contribution in [2.75, 3.05) is 20.0 Å². The van der Waals surface area contributed by atoms with Crippen LogP contribution in [-0.4, -0.2) is 24.3 Å². The summed E-state index contributed by atoms with van der Waals surface area (Å²) in [5.41, 5.74) is 5.73. The molecule has 0 aliphatic carbocycles. The molecule has 0 amide bonds. The molecule has 1 aromatic rings. The summed E-state index contributed by atoms with van der Waals surface area (Å²) in [7, 11) is 2.84. The van der Waals surface area contributed by atoms with E-state index in [-0.39, 0.29) is 23.2 Å². The zero-order chi connectivity index (χ0) is 9.14. The molecule has 0 fully saturated rings. The maximum Gasteiger partial charge on any atom is 0.259 e. The summed E-state index contributed by atoms with van der Waals surface area (Å²) in [5.74, 6) is 0.238. The molecule has 0 aliphatic rings. The Morgan fingerprint density at radius 2 is 1.92 bits per heavy atom. The number of ether oxygens (including phenoxy) is 2. The van der Waals surface area contributed by atoms with Crippen LogP contribution in [0.25, 0.3) is 0 Å². The topological polar surface area (TPSA) is 77.6 Å². The van der Waals surface area contributed by atoms with Crippen molar-refractivity contribution in [3.63, 3.8) is 0 Å². The van der Waals surface area contributed by atoms with Crippen LogP contribution in [0.15, 0.2) is 6.07 Å². The second kappa shape index (κ2) is 3.17. The van der Waals surface area contributed by atoms with Gasteiger partial charge < -0.3 is 20.3 Å². The van der Waals surface area contributed by atoms with Gasteiger partial charge in [-0.3, -0.25) is 0 Å². The molecule has 0 spiro atoms. The molecule has 0 atom stereocenters. The third kappa shape index (κ3) is 1.34. The molecule has 0 saturated heterocycles.